The number of ether oxygens (including phenoxy) is 1. The summed E-state index contributed by atoms with van der Waals surface area (Å²) in [5.74, 6) is 1.18. The number of urea groups is 1. The third-order valence-corrected chi connectivity index (χ3v) is 4.90. The maximum absolute atomic E-state index is 12.4. The summed E-state index contributed by atoms with van der Waals surface area (Å²) in [6, 6.07) is 6.85. The van der Waals surface area contributed by atoms with Crippen LogP contribution in [0.4, 0.5) is 4.79 Å². The number of likely N-dealkylation sites (N-methyl/N-ethyl adjacent to an activating group) is 1. The van der Waals surface area contributed by atoms with Crippen molar-refractivity contribution < 1.29 is 14.3 Å². The van der Waals surface area contributed by atoms with Crippen molar-refractivity contribution in [3.63, 3.8) is 0 Å². The summed E-state index contributed by atoms with van der Waals surface area (Å²) < 4.78 is 5.23. The molecule has 1 aromatic rings. The number of imide groups is 1. The number of rotatable bonds is 4. The van der Waals surface area contributed by atoms with Gasteiger partial charge >= 0.3 is 6.03 Å². The molecule has 0 aliphatic carbocycles. The summed E-state index contributed by atoms with van der Waals surface area (Å²) in [6.45, 7) is 2.87. The van der Waals surface area contributed by atoms with E-state index in [-0.39, 0.29) is 5.91 Å². The molecule has 0 spiro atoms. The summed E-state index contributed by atoms with van der Waals surface area (Å²) >= 11 is 0. The first-order valence-electron chi connectivity index (χ1n) is 8.62. The van der Waals surface area contributed by atoms with Gasteiger partial charge in [0, 0.05) is 19.8 Å². The van der Waals surface area contributed by atoms with Crippen molar-refractivity contribution in [3.8, 4) is 5.75 Å². The molecule has 8 heteroatoms. The van der Waals surface area contributed by atoms with Gasteiger partial charge in [-0.2, -0.15) is 0 Å². The lowest BCUT2D eigenvalue weighted by atomic mass is 10.1. The fourth-order valence-corrected chi connectivity index (χ4v) is 3.56. The number of nitrogens with zero attached hydrogens (tertiary/aromatic N) is 4. The van der Waals surface area contributed by atoms with E-state index in [1.165, 1.54) is 4.90 Å². The quantitative estimate of drug-likeness (QED) is 0.880. The second-order valence-corrected chi connectivity index (χ2v) is 6.49. The number of hydrogen-bond donors (Lipinski definition) is 1. The zero-order valence-electron chi connectivity index (χ0n) is 15.0. The molecule has 3 aliphatic heterocycles. The van der Waals surface area contributed by atoms with Gasteiger partial charge in [-0.3, -0.25) is 10.1 Å². The van der Waals surface area contributed by atoms with Gasteiger partial charge in [0.1, 0.15) is 5.75 Å². The highest BCUT2D eigenvalue weighted by Crippen LogP contribution is 2.36. The number of aliphatic imine (C=N–C) groups is 1. The van der Waals surface area contributed by atoms with Crippen molar-refractivity contribution in [2.24, 2.45) is 4.99 Å². The number of fused-ring (bicyclic) bond motifs is 3. The standard InChI is InChI=1S/C18H21N5O3/c1-4-9-22-13(11-5-7-12(26-3)8-6-11)10-23-14-15(19-17(22)23)21(2)18(25)20-16(14)24/h5-8,10,14-15H,4,9H2,1-3H3,(H,20,24,25). The molecule has 1 saturated heterocycles. The lowest BCUT2D eigenvalue weighted by Crippen LogP contribution is -2.62. The van der Waals surface area contributed by atoms with Gasteiger partial charge in [0.15, 0.2) is 12.2 Å². The lowest BCUT2D eigenvalue weighted by molar-refractivity contribution is -0.126. The number of methoxy groups -OCH3 is 1. The summed E-state index contributed by atoms with van der Waals surface area (Å²) in [5.41, 5.74) is 2.01. The van der Waals surface area contributed by atoms with Gasteiger partial charge in [-0.15, -0.1) is 0 Å². The molecule has 3 heterocycles. The Labute approximate surface area is 151 Å². The smallest absolute Gasteiger partial charge is 0.325 e. The minimum Gasteiger partial charge on any atom is -0.497 e. The monoisotopic (exact) mass is 355 g/mol. The summed E-state index contributed by atoms with van der Waals surface area (Å²) in [6.07, 6.45) is 2.38. The average Bonchev–Trinajstić information content (AvgIpc) is 3.17. The van der Waals surface area contributed by atoms with Gasteiger partial charge < -0.3 is 19.4 Å². The molecule has 1 fully saturated rings. The first-order chi connectivity index (χ1) is 12.5. The Morgan fingerprint density at radius 2 is 1.96 bits per heavy atom. The van der Waals surface area contributed by atoms with Crippen molar-refractivity contribution in [2.75, 3.05) is 20.7 Å². The molecule has 8 nitrogen and oxygen atoms in total. The molecule has 1 aromatic carbocycles. The highest BCUT2D eigenvalue weighted by molar-refractivity contribution is 6.06. The molecule has 0 radical (unpaired) electrons. The van der Waals surface area contributed by atoms with E-state index in [9.17, 15) is 9.59 Å². The van der Waals surface area contributed by atoms with Crippen molar-refractivity contribution in [3.05, 3.63) is 36.0 Å². The van der Waals surface area contributed by atoms with Crippen LogP contribution in [-0.2, 0) is 4.79 Å². The average molecular weight is 355 g/mol. The Balaban J connectivity index is 1.72. The molecular weight excluding hydrogens is 334 g/mol. The first kappa shape index (κ1) is 16.4. The van der Waals surface area contributed by atoms with Crippen LogP contribution >= 0.6 is 0 Å². The molecule has 3 amide bonds. The number of guanidine groups is 1. The number of nitrogens with one attached hydrogen (secondary N) is 1. The minimum absolute atomic E-state index is 0.319. The maximum Gasteiger partial charge on any atom is 0.325 e. The molecule has 4 rings (SSSR count). The molecular formula is C18H21N5O3. The van der Waals surface area contributed by atoms with E-state index < -0.39 is 18.2 Å². The largest absolute Gasteiger partial charge is 0.497 e. The normalized spacial score (nSPS) is 24.2. The van der Waals surface area contributed by atoms with Crippen LogP contribution in [0.25, 0.3) is 5.70 Å². The predicted molar refractivity (Wildman–Crippen MR) is 96.1 cm³/mol. The first-order valence-corrected chi connectivity index (χ1v) is 8.62. The summed E-state index contributed by atoms with van der Waals surface area (Å²) in [5, 5.41) is 2.40. The Morgan fingerprint density at radius 3 is 2.62 bits per heavy atom. The SMILES string of the molecule is CCCN1C(c2ccc(OC)cc2)=CN2C1=NC1C2C(=O)NC(=O)N1C. The van der Waals surface area contributed by atoms with Gasteiger partial charge in [0.2, 0.25) is 5.96 Å². The van der Waals surface area contributed by atoms with Crippen molar-refractivity contribution in [1.29, 1.82) is 0 Å². The third kappa shape index (κ3) is 2.33. The van der Waals surface area contributed by atoms with Gasteiger partial charge in [-0.25, -0.2) is 9.79 Å². The van der Waals surface area contributed by atoms with E-state index in [1.54, 1.807) is 14.2 Å². The van der Waals surface area contributed by atoms with Gasteiger partial charge in [-0.05, 0) is 36.2 Å². The fraction of sp³-hybridized carbons (Fsp3) is 0.389. The third-order valence-electron chi connectivity index (χ3n) is 4.90. The number of hydrogen-bond acceptors (Lipinski definition) is 6. The lowest BCUT2D eigenvalue weighted by Gasteiger charge is -2.34. The van der Waals surface area contributed by atoms with Crippen LogP contribution in [0.3, 0.4) is 0 Å². The highest BCUT2D eigenvalue weighted by Gasteiger charge is 2.51. The second kappa shape index (κ2) is 6.05. The Kier molecular flexibility index (Phi) is 3.82. The number of benzene rings is 1. The second-order valence-electron chi connectivity index (χ2n) is 6.49. The van der Waals surface area contributed by atoms with Crippen LogP contribution in [0.1, 0.15) is 18.9 Å². The number of amides is 3. The van der Waals surface area contributed by atoms with Crippen LogP contribution in [0.5, 0.6) is 5.75 Å². The predicted octanol–water partition coefficient (Wildman–Crippen LogP) is 1.27. The van der Waals surface area contributed by atoms with Crippen molar-refractivity contribution in [1.82, 2.24) is 20.0 Å². The van der Waals surface area contributed by atoms with Crippen LogP contribution in [0.2, 0.25) is 0 Å². The molecule has 0 bridgehead atoms. The Hall–Kier alpha value is -3.03. The Morgan fingerprint density at radius 1 is 1.23 bits per heavy atom. The van der Waals surface area contributed by atoms with Crippen LogP contribution in [0, 0.1) is 0 Å². The number of carbonyl (C=O) groups excluding carboxylic acids is 2. The van der Waals surface area contributed by atoms with Crippen LogP contribution in [0.15, 0.2) is 35.5 Å². The minimum atomic E-state index is -0.539. The molecule has 3 aliphatic rings. The van der Waals surface area contributed by atoms with E-state index in [0.717, 1.165) is 30.0 Å². The number of carbonyl (C=O) groups is 2. The Bertz CT molecular complexity index is 817. The molecule has 0 saturated carbocycles. The van der Waals surface area contributed by atoms with E-state index in [2.05, 4.69) is 17.1 Å². The van der Waals surface area contributed by atoms with Gasteiger partial charge in [0.25, 0.3) is 5.91 Å². The molecule has 1 N–H and O–H groups in total. The van der Waals surface area contributed by atoms with E-state index in [0.29, 0.717) is 5.96 Å². The highest BCUT2D eigenvalue weighted by atomic mass is 16.5. The summed E-state index contributed by atoms with van der Waals surface area (Å²) in [4.78, 5) is 34.5. The zero-order chi connectivity index (χ0) is 18.4. The van der Waals surface area contributed by atoms with Gasteiger partial charge in [0.05, 0.1) is 12.8 Å². The maximum atomic E-state index is 12.4. The van der Waals surface area contributed by atoms with E-state index >= 15 is 0 Å². The van der Waals surface area contributed by atoms with E-state index in [4.69, 9.17) is 9.73 Å². The zero-order valence-corrected chi connectivity index (χ0v) is 15.0. The van der Waals surface area contributed by atoms with Crippen molar-refractivity contribution in [2.45, 2.75) is 25.6 Å². The molecule has 26 heavy (non-hydrogen) atoms. The molecule has 136 valence electrons. The van der Waals surface area contributed by atoms with Crippen LogP contribution < -0.4 is 10.1 Å². The summed E-state index contributed by atoms with van der Waals surface area (Å²) in [7, 11) is 3.29. The molecule has 2 unspecified atom stereocenters. The van der Waals surface area contributed by atoms with Crippen LogP contribution in [-0.4, -0.2) is 65.5 Å². The van der Waals surface area contributed by atoms with Gasteiger partial charge in [-0.1, -0.05) is 6.92 Å². The molecule has 0 aromatic heterocycles. The molecule has 2 atom stereocenters. The van der Waals surface area contributed by atoms with Crippen molar-refractivity contribution >= 4 is 23.6 Å². The van der Waals surface area contributed by atoms with E-state index in [1.807, 2.05) is 35.4 Å². The fourth-order valence-electron chi connectivity index (χ4n) is 3.56. The topological polar surface area (TPSA) is 77.5 Å².